The van der Waals surface area contributed by atoms with E-state index in [0.29, 0.717) is 12.6 Å². The molecule has 4 nitrogen and oxygen atoms in total. The Kier molecular flexibility index (Phi) is 8.14. The smallest absolute Gasteiger partial charge is 0.238 e. The summed E-state index contributed by atoms with van der Waals surface area (Å²) in [6, 6.07) is 7.71. The molecule has 0 fully saturated rings. The predicted octanol–water partition coefficient (Wildman–Crippen LogP) is 2.76. The van der Waals surface area contributed by atoms with Crippen molar-refractivity contribution < 1.29 is 9.53 Å². The van der Waals surface area contributed by atoms with E-state index in [2.05, 4.69) is 24.5 Å². The van der Waals surface area contributed by atoms with Crippen molar-refractivity contribution in [3.05, 3.63) is 24.3 Å². The van der Waals surface area contributed by atoms with E-state index in [1.54, 1.807) is 13.2 Å². The van der Waals surface area contributed by atoms with Crippen LogP contribution < -0.4 is 15.4 Å². The van der Waals surface area contributed by atoms with E-state index in [-0.39, 0.29) is 5.91 Å². The lowest BCUT2D eigenvalue weighted by Gasteiger charge is -2.13. The maximum absolute atomic E-state index is 11.8. The molecule has 0 heterocycles. The molecule has 1 aromatic rings. The van der Waals surface area contributed by atoms with Crippen molar-refractivity contribution in [3.63, 3.8) is 0 Å². The molecule has 0 aliphatic rings. The lowest BCUT2D eigenvalue weighted by atomic mass is 10.2. The number of ether oxygens (including phenoxy) is 1. The topological polar surface area (TPSA) is 50.4 Å². The molecule has 0 spiro atoms. The molecular weight excluding hydrogens is 272 g/mol. The number of rotatable bonds is 9. The van der Waals surface area contributed by atoms with Gasteiger partial charge in [0.05, 0.1) is 13.7 Å². The highest BCUT2D eigenvalue weighted by Crippen LogP contribution is 2.16. The maximum Gasteiger partial charge on any atom is 0.238 e. The Morgan fingerprint density at radius 2 is 2.25 bits per heavy atom. The van der Waals surface area contributed by atoms with Crippen molar-refractivity contribution >= 4 is 23.4 Å². The van der Waals surface area contributed by atoms with E-state index in [1.807, 2.05) is 30.0 Å². The van der Waals surface area contributed by atoms with Crippen LogP contribution in [0.1, 0.15) is 20.3 Å². The summed E-state index contributed by atoms with van der Waals surface area (Å²) in [5.41, 5.74) is 0.755. The van der Waals surface area contributed by atoms with Crippen molar-refractivity contribution in [3.8, 4) is 5.75 Å². The summed E-state index contributed by atoms with van der Waals surface area (Å²) in [6.07, 6.45) is 1.07. The number of amides is 1. The summed E-state index contributed by atoms with van der Waals surface area (Å²) in [6.45, 7) is 4.59. The van der Waals surface area contributed by atoms with Crippen molar-refractivity contribution in [2.45, 2.75) is 26.3 Å². The van der Waals surface area contributed by atoms with Crippen molar-refractivity contribution in [1.29, 1.82) is 0 Å². The molecule has 0 aliphatic carbocycles. The van der Waals surface area contributed by atoms with Gasteiger partial charge < -0.3 is 15.4 Å². The van der Waals surface area contributed by atoms with E-state index in [4.69, 9.17) is 4.74 Å². The van der Waals surface area contributed by atoms with Crippen LogP contribution in [0.5, 0.6) is 5.75 Å². The van der Waals surface area contributed by atoms with Gasteiger partial charge in [0.25, 0.3) is 0 Å². The van der Waals surface area contributed by atoms with Crippen LogP contribution in [0.3, 0.4) is 0 Å². The quantitative estimate of drug-likeness (QED) is 0.688. The Labute approximate surface area is 125 Å². The van der Waals surface area contributed by atoms with Crippen LogP contribution in [0.4, 0.5) is 5.69 Å². The van der Waals surface area contributed by atoms with Gasteiger partial charge in [0.15, 0.2) is 0 Å². The molecule has 0 saturated heterocycles. The van der Waals surface area contributed by atoms with Crippen LogP contribution in [-0.4, -0.2) is 37.1 Å². The third-order valence-corrected chi connectivity index (χ3v) is 3.80. The van der Waals surface area contributed by atoms with Gasteiger partial charge >= 0.3 is 0 Å². The molecular formula is C15H24N2O2S. The minimum absolute atomic E-state index is 0.0340. The fourth-order valence-corrected chi connectivity index (χ4v) is 2.49. The fourth-order valence-electron chi connectivity index (χ4n) is 1.68. The van der Waals surface area contributed by atoms with Crippen molar-refractivity contribution in [1.82, 2.24) is 5.32 Å². The molecule has 0 radical (unpaired) electrons. The number of carbonyl (C=O) groups excluding carboxylic acids is 1. The molecule has 0 bridgehead atoms. The van der Waals surface area contributed by atoms with Crippen LogP contribution in [0, 0.1) is 0 Å². The first kappa shape index (κ1) is 16.9. The predicted molar refractivity (Wildman–Crippen MR) is 86.7 cm³/mol. The first-order chi connectivity index (χ1) is 9.65. The molecule has 1 aromatic carbocycles. The fraction of sp³-hybridized carbons (Fsp3) is 0.533. The standard InChI is InChI=1S/C15H24N2O2S/c1-4-20-9-8-12(2)16-11-15(18)17-13-6-5-7-14(10-13)19-3/h5-7,10,12,16H,4,8-9,11H2,1-3H3,(H,17,18). The number of benzene rings is 1. The van der Waals surface area contributed by atoms with E-state index in [9.17, 15) is 4.79 Å². The molecule has 2 N–H and O–H groups in total. The number of methoxy groups -OCH3 is 1. The highest BCUT2D eigenvalue weighted by Gasteiger charge is 2.06. The second-order valence-electron chi connectivity index (χ2n) is 4.55. The zero-order valence-corrected chi connectivity index (χ0v) is 13.3. The SMILES string of the molecule is CCSCCC(C)NCC(=O)Nc1cccc(OC)c1. The minimum Gasteiger partial charge on any atom is -0.497 e. The van der Waals surface area contributed by atoms with E-state index in [0.717, 1.165) is 29.4 Å². The monoisotopic (exact) mass is 296 g/mol. The van der Waals surface area contributed by atoms with Gasteiger partial charge in [-0.3, -0.25) is 4.79 Å². The van der Waals surface area contributed by atoms with Crippen molar-refractivity contribution in [2.75, 3.05) is 30.5 Å². The molecule has 0 saturated carbocycles. The largest absolute Gasteiger partial charge is 0.497 e. The highest BCUT2D eigenvalue weighted by atomic mass is 32.2. The van der Waals surface area contributed by atoms with Crippen molar-refractivity contribution in [2.24, 2.45) is 0 Å². The number of nitrogens with one attached hydrogen (secondary N) is 2. The normalized spacial score (nSPS) is 11.9. The molecule has 1 unspecified atom stereocenters. The number of hydrogen-bond acceptors (Lipinski definition) is 4. The maximum atomic E-state index is 11.8. The number of hydrogen-bond donors (Lipinski definition) is 2. The molecule has 0 aromatic heterocycles. The molecule has 112 valence electrons. The Bertz CT molecular complexity index is 413. The zero-order valence-electron chi connectivity index (χ0n) is 12.4. The van der Waals surface area contributed by atoms with E-state index in [1.165, 1.54) is 0 Å². The van der Waals surface area contributed by atoms with Gasteiger partial charge in [-0.1, -0.05) is 13.0 Å². The Hall–Kier alpha value is -1.20. The first-order valence-corrected chi connectivity index (χ1v) is 8.06. The van der Waals surface area contributed by atoms with Gasteiger partial charge in [0, 0.05) is 17.8 Å². The van der Waals surface area contributed by atoms with Crippen LogP contribution in [-0.2, 0) is 4.79 Å². The average molecular weight is 296 g/mol. The second kappa shape index (κ2) is 9.66. The molecule has 1 rings (SSSR count). The average Bonchev–Trinajstić information content (AvgIpc) is 2.45. The molecule has 1 amide bonds. The molecule has 0 aliphatic heterocycles. The summed E-state index contributed by atoms with van der Waals surface area (Å²) >= 11 is 1.92. The van der Waals surface area contributed by atoms with E-state index < -0.39 is 0 Å². The third-order valence-electron chi connectivity index (χ3n) is 2.86. The summed E-state index contributed by atoms with van der Waals surface area (Å²) in [5.74, 6) is 2.97. The van der Waals surface area contributed by atoms with Crippen LogP contribution in [0.2, 0.25) is 0 Å². The summed E-state index contributed by atoms with van der Waals surface area (Å²) in [4.78, 5) is 11.8. The molecule has 5 heteroatoms. The second-order valence-corrected chi connectivity index (χ2v) is 5.94. The van der Waals surface area contributed by atoms with Crippen LogP contribution in [0.15, 0.2) is 24.3 Å². The lowest BCUT2D eigenvalue weighted by molar-refractivity contribution is -0.115. The van der Waals surface area contributed by atoms with Crippen LogP contribution >= 0.6 is 11.8 Å². The summed E-state index contributed by atoms with van der Waals surface area (Å²) in [7, 11) is 1.61. The summed E-state index contributed by atoms with van der Waals surface area (Å²) in [5, 5.41) is 6.09. The van der Waals surface area contributed by atoms with Gasteiger partial charge in [-0.15, -0.1) is 0 Å². The molecule has 20 heavy (non-hydrogen) atoms. The first-order valence-electron chi connectivity index (χ1n) is 6.90. The van der Waals surface area contributed by atoms with Gasteiger partial charge in [-0.2, -0.15) is 11.8 Å². The van der Waals surface area contributed by atoms with Gasteiger partial charge in [-0.25, -0.2) is 0 Å². The Morgan fingerprint density at radius 3 is 2.95 bits per heavy atom. The Morgan fingerprint density at radius 1 is 1.45 bits per heavy atom. The zero-order chi connectivity index (χ0) is 14.8. The van der Waals surface area contributed by atoms with Gasteiger partial charge in [0.2, 0.25) is 5.91 Å². The number of thioether (sulfide) groups is 1. The number of carbonyl (C=O) groups is 1. The highest BCUT2D eigenvalue weighted by molar-refractivity contribution is 7.99. The van der Waals surface area contributed by atoms with Gasteiger partial charge in [-0.05, 0) is 37.0 Å². The Balaban J connectivity index is 2.29. The third kappa shape index (κ3) is 6.82. The van der Waals surface area contributed by atoms with E-state index >= 15 is 0 Å². The van der Waals surface area contributed by atoms with Crippen LogP contribution in [0.25, 0.3) is 0 Å². The molecule has 1 atom stereocenters. The lowest BCUT2D eigenvalue weighted by Crippen LogP contribution is -2.34. The minimum atomic E-state index is -0.0340. The van der Waals surface area contributed by atoms with Gasteiger partial charge in [0.1, 0.15) is 5.75 Å². The summed E-state index contributed by atoms with van der Waals surface area (Å²) < 4.78 is 5.12. The number of anilines is 1.